The summed E-state index contributed by atoms with van der Waals surface area (Å²) in [5.41, 5.74) is 10.4. The number of aliphatic hydroxyl groups is 1. The van der Waals surface area contributed by atoms with Gasteiger partial charge < -0.3 is 59.3 Å². The van der Waals surface area contributed by atoms with E-state index < -0.39 is 29.0 Å². The summed E-state index contributed by atoms with van der Waals surface area (Å²) in [4.78, 5) is 118. The average molecular weight is 1360 g/mol. The molecule has 0 saturated carbocycles. The highest BCUT2D eigenvalue weighted by molar-refractivity contribution is 7.47. The monoisotopic (exact) mass is 1360 g/mol. The molecule has 7 aromatic rings. The first-order chi connectivity index (χ1) is 45.3. The maximum absolute atomic E-state index is 13.2. The van der Waals surface area contributed by atoms with Gasteiger partial charge in [0.2, 0.25) is 11.8 Å². The zero-order valence-electron chi connectivity index (χ0n) is 50.0. The van der Waals surface area contributed by atoms with Crippen LogP contribution < -0.4 is 57.7 Å². The van der Waals surface area contributed by atoms with Crippen LogP contribution in [-0.4, -0.2) is 74.7 Å². The van der Waals surface area contributed by atoms with Gasteiger partial charge in [-0.15, -0.1) is 0 Å². The Kier molecular flexibility index (Phi) is 25.6. The lowest BCUT2D eigenvalue weighted by molar-refractivity contribution is -0.117. The third kappa shape index (κ3) is 21.3. The number of aliphatic hydroxyl groups excluding tert-OH is 1. The third-order valence-corrected chi connectivity index (χ3v) is 14.5. The predicted molar refractivity (Wildman–Crippen MR) is 353 cm³/mol. The minimum Gasteiger partial charge on any atom is -0.515 e. The molecule has 12 N–H and O–H groups in total. The quantitative estimate of drug-likeness (QED) is 0.0181. The van der Waals surface area contributed by atoms with Gasteiger partial charge in [-0.05, 0) is 136 Å². The van der Waals surface area contributed by atoms with E-state index >= 15 is 0 Å². The number of rotatable bonds is 21. The van der Waals surface area contributed by atoms with Crippen LogP contribution in [0, 0.1) is 0 Å². The summed E-state index contributed by atoms with van der Waals surface area (Å²) in [7, 11) is -9.58. The number of phosphoric acid groups is 2. The van der Waals surface area contributed by atoms with Crippen molar-refractivity contribution in [3.05, 3.63) is 196 Å². The average Bonchev–Trinajstić information content (AvgIpc) is 0.803. The molecule has 2 aliphatic carbocycles. The van der Waals surface area contributed by atoms with Crippen molar-refractivity contribution in [3.63, 3.8) is 0 Å². The van der Waals surface area contributed by atoms with Gasteiger partial charge in [-0.3, -0.25) is 48.3 Å². The number of phenolic OH excluding ortho intramolecular Hbond substituents is 2. The van der Waals surface area contributed by atoms with Crippen LogP contribution in [0.3, 0.4) is 0 Å². The fourth-order valence-corrected chi connectivity index (χ4v) is 9.99. The van der Waals surface area contributed by atoms with E-state index in [9.17, 15) is 56.9 Å². The molecule has 0 bridgehead atoms. The van der Waals surface area contributed by atoms with Gasteiger partial charge in [-0.1, -0.05) is 20.3 Å². The van der Waals surface area contributed by atoms with Crippen LogP contribution in [-0.2, 0) is 38.6 Å². The second-order valence-corrected chi connectivity index (χ2v) is 23.2. The number of alkyl halides is 2. The topological polar surface area (TPSA) is 437 Å². The Morgan fingerprint density at radius 2 is 1.02 bits per heavy atom. The Hall–Kier alpha value is -10.4. The summed E-state index contributed by atoms with van der Waals surface area (Å²) in [6.45, 7) is -0.352. The lowest BCUT2D eigenvalue weighted by atomic mass is 10.1. The number of hydrogen-bond acceptors (Lipinski definition) is 21. The van der Waals surface area contributed by atoms with Gasteiger partial charge >= 0.3 is 15.6 Å². The lowest BCUT2D eigenvalue weighted by Crippen LogP contribution is -2.22. The molecule has 0 radical (unpaired) electrons. The number of aromatic hydroxyl groups is 2. The van der Waals surface area contributed by atoms with E-state index in [1.54, 1.807) is 36.4 Å². The van der Waals surface area contributed by atoms with Crippen molar-refractivity contribution in [2.24, 2.45) is 5.73 Å². The van der Waals surface area contributed by atoms with Crippen molar-refractivity contribution in [2.75, 3.05) is 23.7 Å². The number of nitrogens with zero attached hydrogens (tertiary/aromatic N) is 3. The largest absolute Gasteiger partial charge is 0.524 e. The van der Waals surface area contributed by atoms with Crippen LogP contribution >= 0.6 is 15.6 Å². The van der Waals surface area contributed by atoms with Crippen LogP contribution in [0.25, 0.3) is 73.6 Å². The first-order valence-electron chi connectivity index (χ1n) is 28.9. The number of carbonyl (C=O) groups excluding carboxylic acids is 2. The Labute approximate surface area is 542 Å². The van der Waals surface area contributed by atoms with Crippen molar-refractivity contribution in [1.82, 2.24) is 20.3 Å². The highest BCUT2D eigenvalue weighted by Crippen LogP contribution is 2.41. The number of amides is 2. The summed E-state index contributed by atoms with van der Waals surface area (Å²) in [6, 6.07) is 31.3. The van der Waals surface area contributed by atoms with E-state index in [0.717, 1.165) is 31.9 Å². The Morgan fingerprint density at radius 1 is 0.531 bits per heavy atom. The van der Waals surface area contributed by atoms with E-state index in [2.05, 4.69) is 39.9 Å². The van der Waals surface area contributed by atoms with Gasteiger partial charge in [0.15, 0.2) is 55.6 Å². The second-order valence-electron chi connectivity index (χ2n) is 20.9. The maximum atomic E-state index is 13.2. The smallest absolute Gasteiger partial charge is 0.515 e. The SMILES string of the molecule is C.NCCCCCC(=O)Nc1ccc(OP(=O)(O)O)c(CF)c1.O=C(CCCCCNCc1cc2nc3ccc(=O)cc-3oc2cc1O)Nc1ccc(OP(=O)(O)O)c(CF)c1.O=c1ccc2nc3cc(=CO)c(=O)cc3oc2c1.O=c1ccc2nc3ccc(O)cc3oc-2c1. The van der Waals surface area contributed by atoms with Gasteiger partial charge in [0.1, 0.15) is 69.8 Å². The zero-order chi connectivity index (χ0) is 68.4. The van der Waals surface area contributed by atoms with Crippen molar-refractivity contribution in [1.29, 1.82) is 0 Å². The molecule has 27 nitrogen and oxygen atoms in total. The number of unbranched alkanes of at least 4 members (excludes halogenated alkanes) is 4. The molecule has 2 amide bonds. The molecule has 2 aliphatic heterocycles. The van der Waals surface area contributed by atoms with Gasteiger partial charge in [0.05, 0.1) is 11.5 Å². The molecule has 4 aliphatic rings. The molecule has 96 heavy (non-hydrogen) atoms. The molecule has 0 fully saturated rings. The Balaban J connectivity index is 0.000000193. The van der Waals surface area contributed by atoms with Crippen molar-refractivity contribution >= 4 is 89.5 Å². The van der Waals surface area contributed by atoms with Crippen molar-refractivity contribution in [2.45, 2.75) is 78.7 Å². The van der Waals surface area contributed by atoms with Crippen LogP contribution in [0.1, 0.15) is 75.5 Å². The minimum absolute atomic E-state index is 0. The molecule has 0 saturated heterocycles. The summed E-state index contributed by atoms with van der Waals surface area (Å²) < 4.78 is 73.3. The van der Waals surface area contributed by atoms with E-state index in [4.69, 9.17) is 43.7 Å². The second kappa shape index (κ2) is 33.7. The van der Waals surface area contributed by atoms with E-state index in [1.165, 1.54) is 97.1 Å². The van der Waals surface area contributed by atoms with Crippen LogP contribution in [0.2, 0.25) is 0 Å². The maximum Gasteiger partial charge on any atom is 0.524 e. The summed E-state index contributed by atoms with van der Waals surface area (Å²) in [5, 5.41) is 37.2. The molecule has 0 atom stereocenters. The molecule has 6 aromatic carbocycles. The fraction of sp³-hybridized carbons (Fsp3) is 0.215. The first kappa shape index (κ1) is 73.1. The molecule has 3 heterocycles. The number of halogens is 2. The number of aromatic nitrogens is 3. The van der Waals surface area contributed by atoms with Crippen LogP contribution in [0.5, 0.6) is 23.0 Å². The molecular formula is C65H65F2N7O20P2. The highest BCUT2D eigenvalue weighted by atomic mass is 31.2. The number of fused-ring (bicyclic) bond motifs is 6. The Morgan fingerprint density at radius 3 is 1.57 bits per heavy atom. The van der Waals surface area contributed by atoms with Crippen LogP contribution in [0.4, 0.5) is 20.2 Å². The van der Waals surface area contributed by atoms with Gasteiger partial charge in [0, 0.05) is 83.8 Å². The number of benzene rings is 8. The molecular weight excluding hydrogens is 1300 g/mol. The lowest BCUT2D eigenvalue weighted by Gasteiger charge is -2.12. The predicted octanol–water partition coefficient (Wildman–Crippen LogP) is 9.66. The summed E-state index contributed by atoms with van der Waals surface area (Å²) in [6.07, 6.45) is 5.89. The highest BCUT2D eigenvalue weighted by Gasteiger charge is 2.21. The minimum atomic E-state index is -4.82. The number of carbonyl (C=O) groups is 2. The number of phosphoric ester groups is 2. The van der Waals surface area contributed by atoms with Gasteiger partial charge in [-0.25, -0.2) is 32.9 Å². The number of nitrogens with two attached hydrogens (primary N) is 1. The molecule has 11 rings (SSSR count). The first-order valence-corrected chi connectivity index (χ1v) is 31.9. The van der Waals surface area contributed by atoms with Crippen molar-refractivity contribution < 1.29 is 84.7 Å². The van der Waals surface area contributed by atoms with Crippen LogP contribution in [0.15, 0.2) is 166 Å². The van der Waals surface area contributed by atoms with Gasteiger partial charge in [-0.2, -0.15) is 0 Å². The van der Waals surface area contributed by atoms with E-state index in [1.807, 2.05) is 0 Å². The number of nitrogens with one attached hydrogen (secondary N) is 3. The third-order valence-electron chi connectivity index (χ3n) is 13.6. The van der Waals surface area contributed by atoms with E-state index in [0.29, 0.717) is 118 Å². The summed E-state index contributed by atoms with van der Waals surface area (Å²) in [5.74, 6) is -0.0961. The van der Waals surface area contributed by atoms with Gasteiger partial charge in [0.25, 0.3) is 0 Å². The number of anilines is 2. The molecule has 1 aromatic heterocycles. The number of phenols is 2. The fourth-order valence-electron chi connectivity index (χ4n) is 9.12. The zero-order valence-corrected chi connectivity index (χ0v) is 51.8. The standard InChI is InChI=1S/C26H27FN3O8P.C13H20FN2O5P.C13H7NO4.C12H7NO3.CH4/c27-14-16-10-18(5-8-23(16)38-39(34,35)36)29-26(33)4-2-1-3-9-28-15-17-11-21-25(13-22(17)32)37-24-12-19(31)6-7-20(24)30-21;14-9-10-8-11(5-6-12(10)21-22(18,19)20)16-13(17)4-2-1-3-7-15;15-6-7-3-10-13(5-11(7)17)18-12-4-8(16)1-2-9(12)14-10;14-7-1-3-9-11(5-7)16-12-6-8(15)2-4-10(12)13-9;/h5-8,10-13,28,32H,1-4,9,14-15H2,(H,29,33)(H2,34,35,36);5-6,8H,1-4,7,9,15H2,(H,16,17)(H2,18,19,20);1-6,15H;1-6,14H;1H4. The van der Waals surface area contributed by atoms with E-state index in [-0.39, 0.29) is 92.3 Å². The summed E-state index contributed by atoms with van der Waals surface area (Å²) >= 11 is 0. The normalized spacial score (nSPS) is 11.5. The molecule has 0 spiro atoms. The molecule has 504 valence electrons. The Bertz CT molecular complexity index is 4910. The van der Waals surface area contributed by atoms with Crippen molar-refractivity contribution in [3.8, 4) is 45.9 Å². The number of hydrogen-bond donors (Lipinski definition) is 11. The molecule has 31 heteroatoms. The molecule has 0 unspecified atom stereocenters.